The highest BCUT2D eigenvalue weighted by Gasteiger charge is 2.43. The number of carbonyl (C=O) groups is 2. The van der Waals surface area contributed by atoms with Crippen molar-refractivity contribution in [2.75, 3.05) is 37.8 Å². The number of aryl methyl sites for hydroxylation is 1. The van der Waals surface area contributed by atoms with Crippen LogP contribution < -0.4 is 9.64 Å². The second-order valence-corrected chi connectivity index (χ2v) is 7.43. The Morgan fingerprint density at radius 1 is 0.967 bits per heavy atom. The molecule has 2 heterocycles. The summed E-state index contributed by atoms with van der Waals surface area (Å²) in [6, 6.07) is 14.9. The van der Waals surface area contributed by atoms with Gasteiger partial charge in [0, 0.05) is 13.1 Å². The van der Waals surface area contributed by atoms with E-state index in [0.717, 1.165) is 23.3 Å². The molecule has 0 aliphatic carbocycles. The summed E-state index contributed by atoms with van der Waals surface area (Å²) in [5, 5.41) is 0. The number of hydrogen-bond donors (Lipinski definition) is 0. The molecule has 6 heteroatoms. The van der Waals surface area contributed by atoms with Crippen molar-refractivity contribution in [1.29, 1.82) is 0 Å². The summed E-state index contributed by atoms with van der Waals surface area (Å²) in [6.45, 7) is 6.83. The molecule has 1 fully saturated rings. The minimum Gasteiger partial charge on any atom is -0.494 e. The third-order valence-corrected chi connectivity index (χ3v) is 5.36. The molecule has 0 saturated carbocycles. The summed E-state index contributed by atoms with van der Waals surface area (Å²) >= 11 is 0. The van der Waals surface area contributed by atoms with Gasteiger partial charge in [0.2, 0.25) is 0 Å². The largest absolute Gasteiger partial charge is 0.494 e. The highest BCUT2D eigenvalue weighted by molar-refractivity contribution is 6.45. The second kappa shape index (κ2) is 8.71. The maximum absolute atomic E-state index is 13.5. The Morgan fingerprint density at radius 2 is 1.67 bits per heavy atom. The molecule has 2 amide bonds. The molecule has 2 aliphatic heterocycles. The molecule has 0 bridgehead atoms. The van der Waals surface area contributed by atoms with E-state index in [1.807, 2.05) is 60.4 Å². The van der Waals surface area contributed by atoms with Gasteiger partial charge in [0.15, 0.2) is 0 Å². The number of nitrogens with zero attached hydrogens (tertiary/aromatic N) is 2. The van der Waals surface area contributed by atoms with Crippen LogP contribution in [-0.4, -0.2) is 49.6 Å². The highest BCUT2D eigenvalue weighted by Crippen LogP contribution is 2.36. The molecule has 2 aromatic rings. The van der Waals surface area contributed by atoms with Gasteiger partial charge in [-0.25, -0.2) is 4.90 Å². The number of anilines is 1. The van der Waals surface area contributed by atoms with Crippen molar-refractivity contribution in [3.63, 3.8) is 0 Å². The molecule has 0 N–H and O–H groups in total. The van der Waals surface area contributed by atoms with E-state index >= 15 is 0 Å². The normalized spacial score (nSPS) is 17.1. The van der Waals surface area contributed by atoms with Gasteiger partial charge in [0.05, 0.1) is 31.1 Å². The van der Waals surface area contributed by atoms with E-state index < -0.39 is 0 Å². The van der Waals surface area contributed by atoms with Crippen molar-refractivity contribution in [3.8, 4) is 5.75 Å². The third-order valence-electron chi connectivity index (χ3n) is 5.36. The zero-order valence-electron chi connectivity index (χ0n) is 17.4. The Bertz CT molecular complexity index is 975. The molecule has 1 saturated heterocycles. The van der Waals surface area contributed by atoms with Crippen LogP contribution in [0.15, 0.2) is 54.2 Å². The zero-order chi connectivity index (χ0) is 21.1. The SMILES string of the molecule is CCCOc1ccc(C2=C(N3CCOCC3)C(=O)N(c3ccccc3C)C2=O)cc1. The van der Waals surface area contributed by atoms with Crippen molar-refractivity contribution in [2.45, 2.75) is 20.3 Å². The van der Waals surface area contributed by atoms with Gasteiger partial charge in [-0.3, -0.25) is 9.59 Å². The Balaban J connectivity index is 1.76. The van der Waals surface area contributed by atoms with Crippen molar-refractivity contribution in [2.24, 2.45) is 0 Å². The molecule has 4 rings (SSSR count). The average Bonchev–Trinajstić information content (AvgIpc) is 3.04. The molecule has 0 radical (unpaired) electrons. The maximum atomic E-state index is 13.5. The molecule has 156 valence electrons. The predicted octanol–water partition coefficient (Wildman–Crippen LogP) is 3.40. The van der Waals surface area contributed by atoms with Crippen LogP contribution >= 0.6 is 0 Å². The summed E-state index contributed by atoms with van der Waals surface area (Å²) in [6.07, 6.45) is 0.923. The zero-order valence-corrected chi connectivity index (χ0v) is 17.4. The highest BCUT2D eigenvalue weighted by atomic mass is 16.5. The minimum absolute atomic E-state index is 0.280. The van der Waals surface area contributed by atoms with Crippen molar-refractivity contribution in [1.82, 2.24) is 4.90 Å². The Hall–Kier alpha value is -3.12. The van der Waals surface area contributed by atoms with Crippen molar-refractivity contribution >= 4 is 23.1 Å². The summed E-state index contributed by atoms with van der Waals surface area (Å²) in [5.74, 6) is 0.178. The van der Waals surface area contributed by atoms with Crippen LogP contribution in [0.1, 0.15) is 24.5 Å². The number of ether oxygens (including phenoxy) is 2. The first-order valence-corrected chi connectivity index (χ1v) is 10.4. The van der Waals surface area contributed by atoms with Crippen LogP contribution in [-0.2, 0) is 14.3 Å². The molecule has 0 unspecified atom stereocenters. The molecule has 2 aliphatic rings. The van der Waals surface area contributed by atoms with Crippen LogP contribution in [0.25, 0.3) is 5.57 Å². The van der Waals surface area contributed by atoms with Crippen LogP contribution in [0, 0.1) is 6.92 Å². The lowest BCUT2D eigenvalue weighted by Crippen LogP contribution is -2.40. The van der Waals surface area contributed by atoms with Crippen LogP contribution in [0.5, 0.6) is 5.75 Å². The molecule has 0 atom stereocenters. The van der Waals surface area contributed by atoms with Gasteiger partial charge in [0.1, 0.15) is 11.4 Å². The molecular weight excluding hydrogens is 380 g/mol. The van der Waals surface area contributed by atoms with Crippen LogP contribution in [0.4, 0.5) is 5.69 Å². The Morgan fingerprint density at radius 3 is 2.33 bits per heavy atom. The van der Waals surface area contributed by atoms with Crippen molar-refractivity contribution < 1.29 is 19.1 Å². The number of rotatable bonds is 6. The quantitative estimate of drug-likeness (QED) is 0.688. The van der Waals surface area contributed by atoms with E-state index in [-0.39, 0.29) is 11.8 Å². The summed E-state index contributed by atoms with van der Waals surface area (Å²) in [5.41, 5.74) is 3.11. The summed E-state index contributed by atoms with van der Waals surface area (Å²) < 4.78 is 11.1. The van der Waals surface area contributed by atoms with Crippen LogP contribution in [0.2, 0.25) is 0 Å². The molecular formula is C24H26N2O4. The predicted molar refractivity (Wildman–Crippen MR) is 115 cm³/mol. The number of para-hydroxylation sites is 1. The summed E-state index contributed by atoms with van der Waals surface area (Å²) in [7, 11) is 0. The standard InChI is InChI=1S/C24H26N2O4/c1-3-14-30-19-10-8-18(9-11-19)21-22(25-12-15-29-16-13-25)24(28)26(23(21)27)20-7-5-4-6-17(20)2/h4-11H,3,12-16H2,1-2H3. The lowest BCUT2D eigenvalue weighted by Gasteiger charge is -2.29. The average molecular weight is 406 g/mol. The van der Waals surface area contributed by atoms with E-state index in [9.17, 15) is 9.59 Å². The third kappa shape index (κ3) is 3.71. The van der Waals surface area contributed by atoms with Gasteiger partial charge in [-0.05, 0) is 42.7 Å². The van der Waals surface area contributed by atoms with E-state index in [0.29, 0.717) is 49.9 Å². The van der Waals surface area contributed by atoms with Crippen molar-refractivity contribution in [3.05, 3.63) is 65.4 Å². The Kier molecular flexibility index (Phi) is 5.86. The van der Waals surface area contributed by atoms with Gasteiger partial charge in [-0.2, -0.15) is 0 Å². The van der Waals surface area contributed by atoms with Gasteiger partial charge in [0.25, 0.3) is 11.8 Å². The fraction of sp³-hybridized carbons (Fsp3) is 0.333. The second-order valence-electron chi connectivity index (χ2n) is 7.43. The maximum Gasteiger partial charge on any atom is 0.282 e. The van der Waals surface area contributed by atoms with E-state index in [1.54, 1.807) is 0 Å². The number of amides is 2. The van der Waals surface area contributed by atoms with Crippen LogP contribution in [0.3, 0.4) is 0 Å². The van der Waals surface area contributed by atoms with E-state index in [2.05, 4.69) is 6.92 Å². The monoisotopic (exact) mass is 406 g/mol. The van der Waals surface area contributed by atoms with Gasteiger partial charge < -0.3 is 14.4 Å². The molecule has 0 spiro atoms. The number of benzene rings is 2. The first-order valence-electron chi connectivity index (χ1n) is 10.4. The number of hydrogen-bond acceptors (Lipinski definition) is 5. The lowest BCUT2D eigenvalue weighted by molar-refractivity contribution is -0.121. The summed E-state index contributed by atoms with van der Waals surface area (Å²) in [4.78, 5) is 30.3. The van der Waals surface area contributed by atoms with E-state index in [4.69, 9.17) is 9.47 Å². The molecule has 0 aromatic heterocycles. The molecule has 2 aromatic carbocycles. The number of morpholine rings is 1. The van der Waals surface area contributed by atoms with Gasteiger partial charge in [-0.1, -0.05) is 37.3 Å². The number of carbonyl (C=O) groups excluding carboxylic acids is 2. The first-order chi connectivity index (χ1) is 14.6. The fourth-order valence-corrected chi connectivity index (χ4v) is 3.83. The van der Waals surface area contributed by atoms with E-state index in [1.165, 1.54) is 4.90 Å². The molecule has 30 heavy (non-hydrogen) atoms. The fourth-order valence-electron chi connectivity index (χ4n) is 3.83. The van der Waals surface area contributed by atoms with Gasteiger partial charge in [-0.15, -0.1) is 0 Å². The number of imide groups is 1. The first kappa shape index (κ1) is 20.2. The smallest absolute Gasteiger partial charge is 0.282 e. The Labute approximate surface area is 176 Å². The minimum atomic E-state index is -0.294. The lowest BCUT2D eigenvalue weighted by atomic mass is 10.0. The van der Waals surface area contributed by atoms with Gasteiger partial charge >= 0.3 is 0 Å². The topological polar surface area (TPSA) is 59.1 Å². The molecule has 6 nitrogen and oxygen atoms in total.